The van der Waals surface area contributed by atoms with Crippen molar-refractivity contribution in [1.29, 1.82) is 0 Å². The topological polar surface area (TPSA) is 106 Å². The average Bonchev–Trinajstić information content (AvgIpc) is 3.08. The van der Waals surface area contributed by atoms with E-state index in [4.69, 9.17) is 14.2 Å². The molecule has 0 saturated carbocycles. The maximum atomic E-state index is 13.3. The molecule has 176 valence electrons. The number of hydrogen-bond donors (Lipinski definition) is 0. The van der Waals surface area contributed by atoms with Gasteiger partial charge in [0.05, 0.1) is 39.2 Å². The zero-order valence-electron chi connectivity index (χ0n) is 18.6. The van der Waals surface area contributed by atoms with Gasteiger partial charge in [-0.1, -0.05) is 0 Å². The molecule has 11 heteroatoms. The first-order valence-corrected chi connectivity index (χ1v) is 11.7. The van der Waals surface area contributed by atoms with Gasteiger partial charge in [-0.2, -0.15) is 4.31 Å². The highest BCUT2D eigenvalue weighted by Crippen LogP contribution is 2.34. The normalized spacial score (nSPS) is 17.2. The number of benzene rings is 2. The minimum absolute atomic E-state index is 0.0409. The third-order valence-electron chi connectivity index (χ3n) is 5.84. The molecule has 1 amide bonds. The quantitative estimate of drug-likeness (QED) is 0.550. The van der Waals surface area contributed by atoms with E-state index >= 15 is 0 Å². The van der Waals surface area contributed by atoms with E-state index in [0.717, 1.165) is 0 Å². The number of amides is 1. The van der Waals surface area contributed by atoms with Crippen LogP contribution in [0.25, 0.3) is 0 Å². The molecule has 0 unspecified atom stereocenters. The molecule has 4 rings (SSSR count). The second kappa shape index (κ2) is 9.00. The Morgan fingerprint density at radius 2 is 1.48 bits per heavy atom. The Bertz CT molecular complexity index is 1190. The van der Waals surface area contributed by atoms with E-state index in [2.05, 4.69) is 0 Å². The standard InChI is InChI=1S/C22H25N3O7S/c1-30-15-4-6-17-18(12-15)25(22(27)21(17)26)14-23-8-10-24(11-9-23)33(28,29)20-13-16(31-2)5-7-19(20)32-3/h4-7,12-13H,8-11,14H2,1-3H3. The first-order valence-electron chi connectivity index (χ1n) is 10.3. The average molecular weight is 476 g/mol. The van der Waals surface area contributed by atoms with Crippen molar-refractivity contribution in [3.63, 3.8) is 0 Å². The lowest BCUT2D eigenvalue weighted by Gasteiger charge is -2.36. The summed E-state index contributed by atoms with van der Waals surface area (Å²) in [6.07, 6.45) is 0. The lowest BCUT2D eigenvalue weighted by molar-refractivity contribution is -0.114. The van der Waals surface area contributed by atoms with E-state index in [-0.39, 0.29) is 30.4 Å². The van der Waals surface area contributed by atoms with Crippen LogP contribution >= 0.6 is 0 Å². The number of carbonyl (C=O) groups is 2. The van der Waals surface area contributed by atoms with E-state index in [1.54, 1.807) is 30.3 Å². The van der Waals surface area contributed by atoms with Crippen LogP contribution in [0.5, 0.6) is 17.2 Å². The van der Waals surface area contributed by atoms with Crippen molar-refractivity contribution in [1.82, 2.24) is 9.21 Å². The van der Waals surface area contributed by atoms with Crippen LogP contribution in [0.15, 0.2) is 41.3 Å². The lowest BCUT2D eigenvalue weighted by atomic mass is 10.1. The summed E-state index contributed by atoms with van der Waals surface area (Å²) in [4.78, 5) is 28.3. The number of methoxy groups -OCH3 is 3. The third kappa shape index (κ3) is 4.14. The molecular weight excluding hydrogens is 450 g/mol. The predicted octanol–water partition coefficient (Wildman–Crippen LogP) is 1.21. The summed E-state index contributed by atoms with van der Waals surface area (Å²) in [5.74, 6) is 0.0436. The number of anilines is 1. The Kier molecular flexibility index (Phi) is 6.28. The Balaban J connectivity index is 1.48. The summed E-state index contributed by atoms with van der Waals surface area (Å²) >= 11 is 0. The fourth-order valence-corrected chi connectivity index (χ4v) is 5.57. The largest absolute Gasteiger partial charge is 0.497 e. The zero-order valence-corrected chi connectivity index (χ0v) is 19.4. The number of hydrogen-bond acceptors (Lipinski definition) is 8. The maximum absolute atomic E-state index is 13.3. The summed E-state index contributed by atoms with van der Waals surface area (Å²) in [6, 6.07) is 9.53. The van der Waals surface area contributed by atoms with Crippen molar-refractivity contribution >= 4 is 27.4 Å². The summed E-state index contributed by atoms with van der Waals surface area (Å²) in [5.41, 5.74) is 0.840. The smallest absolute Gasteiger partial charge is 0.300 e. The molecule has 10 nitrogen and oxygen atoms in total. The molecule has 1 fully saturated rings. The molecule has 0 atom stereocenters. The number of nitrogens with zero attached hydrogens (tertiary/aromatic N) is 3. The van der Waals surface area contributed by atoms with E-state index in [9.17, 15) is 18.0 Å². The van der Waals surface area contributed by atoms with Gasteiger partial charge < -0.3 is 14.2 Å². The van der Waals surface area contributed by atoms with E-state index in [1.807, 2.05) is 4.90 Å². The number of ether oxygens (including phenoxy) is 3. The number of fused-ring (bicyclic) bond motifs is 1. The van der Waals surface area contributed by atoms with Gasteiger partial charge in [0.15, 0.2) is 0 Å². The number of piperazine rings is 1. The molecule has 2 heterocycles. The van der Waals surface area contributed by atoms with Gasteiger partial charge in [-0.15, -0.1) is 0 Å². The fourth-order valence-electron chi connectivity index (χ4n) is 3.98. The molecule has 0 spiro atoms. The summed E-state index contributed by atoms with van der Waals surface area (Å²) in [7, 11) is 0.585. The van der Waals surface area contributed by atoms with Crippen LogP contribution in [0.2, 0.25) is 0 Å². The number of sulfonamides is 1. The second-order valence-electron chi connectivity index (χ2n) is 7.63. The van der Waals surface area contributed by atoms with Gasteiger partial charge in [0, 0.05) is 38.3 Å². The monoisotopic (exact) mass is 475 g/mol. The summed E-state index contributed by atoms with van der Waals surface area (Å²) < 4.78 is 43.6. The van der Waals surface area contributed by atoms with Gasteiger partial charge in [0.1, 0.15) is 22.1 Å². The molecule has 2 aliphatic heterocycles. The minimum atomic E-state index is -3.81. The van der Waals surface area contributed by atoms with E-state index < -0.39 is 21.7 Å². The Hall–Kier alpha value is -3.15. The van der Waals surface area contributed by atoms with Gasteiger partial charge >= 0.3 is 5.91 Å². The van der Waals surface area contributed by atoms with Gasteiger partial charge in [-0.25, -0.2) is 8.42 Å². The number of ketones is 1. The summed E-state index contributed by atoms with van der Waals surface area (Å²) in [6.45, 7) is 1.42. The predicted molar refractivity (Wildman–Crippen MR) is 120 cm³/mol. The Morgan fingerprint density at radius 1 is 0.848 bits per heavy atom. The molecule has 2 aromatic carbocycles. The Morgan fingerprint density at radius 3 is 2.12 bits per heavy atom. The highest BCUT2D eigenvalue weighted by molar-refractivity contribution is 7.89. The van der Waals surface area contributed by atoms with Crippen molar-refractivity contribution in [2.24, 2.45) is 0 Å². The Labute approximate surface area is 192 Å². The van der Waals surface area contributed by atoms with Crippen LogP contribution < -0.4 is 19.1 Å². The molecule has 0 radical (unpaired) electrons. The highest BCUT2D eigenvalue weighted by atomic mass is 32.2. The van der Waals surface area contributed by atoms with Crippen LogP contribution in [-0.4, -0.2) is 83.5 Å². The molecule has 2 aliphatic rings. The summed E-state index contributed by atoms with van der Waals surface area (Å²) in [5, 5.41) is 0. The molecule has 0 bridgehead atoms. The van der Waals surface area contributed by atoms with Crippen LogP contribution in [0.4, 0.5) is 5.69 Å². The van der Waals surface area contributed by atoms with Gasteiger partial charge in [-0.3, -0.25) is 19.4 Å². The van der Waals surface area contributed by atoms with Gasteiger partial charge in [-0.05, 0) is 24.3 Å². The fraction of sp³-hybridized carbons (Fsp3) is 0.364. The molecule has 33 heavy (non-hydrogen) atoms. The minimum Gasteiger partial charge on any atom is -0.497 e. The molecule has 1 saturated heterocycles. The van der Waals surface area contributed by atoms with Gasteiger partial charge in [0.25, 0.3) is 5.78 Å². The van der Waals surface area contributed by atoms with E-state index in [1.165, 1.54) is 36.6 Å². The first kappa shape index (κ1) is 23.0. The van der Waals surface area contributed by atoms with Crippen LogP contribution in [-0.2, 0) is 14.8 Å². The SMILES string of the molecule is COc1ccc2c(c1)N(CN1CCN(S(=O)(=O)c3cc(OC)ccc3OC)CC1)C(=O)C2=O. The van der Waals surface area contributed by atoms with Crippen molar-refractivity contribution in [3.05, 3.63) is 42.0 Å². The molecule has 2 aromatic rings. The van der Waals surface area contributed by atoms with E-state index in [0.29, 0.717) is 35.8 Å². The third-order valence-corrected chi connectivity index (χ3v) is 7.76. The molecule has 0 aliphatic carbocycles. The van der Waals surface area contributed by atoms with Crippen LogP contribution in [0, 0.1) is 0 Å². The first-order chi connectivity index (χ1) is 15.8. The van der Waals surface area contributed by atoms with Crippen LogP contribution in [0.1, 0.15) is 10.4 Å². The van der Waals surface area contributed by atoms with Crippen molar-refractivity contribution in [3.8, 4) is 17.2 Å². The number of carbonyl (C=O) groups excluding carboxylic acids is 2. The van der Waals surface area contributed by atoms with Gasteiger partial charge in [0.2, 0.25) is 10.0 Å². The molecule has 0 aromatic heterocycles. The van der Waals surface area contributed by atoms with Crippen molar-refractivity contribution in [2.75, 3.05) is 59.1 Å². The van der Waals surface area contributed by atoms with Crippen LogP contribution in [0.3, 0.4) is 0 Å². The zero-order chi connectivity index (χ0) is 23.8. The number of rotatable bonds is 7. The van der Waals surface area contributed by atoms with Crippen molar-refractivity contribution < 1.29 is 32.2 Å². The van der Waals surface area contributed by atoms with Crippen molar-refractivity contribution in [2.45, 2.75) is 4.90 Å². The highest BCUT2D eigenvalue weighted by Gasteiger charge is 2.38. The lowest BCUT2D eigenvalue weighted by Crippen LogP contribution is -2.52. The maximum Gasteiger partial charge on any atom is 0.300 e. The molecule has 0 N–H and O–H groups in total. The second-order valence-corrected chi connectivity index (χ2v) is 9.53. The molecular formula is C22H25N3O7S. The number of Topliss-reactive ketones (excluding diaryl/α,β-unsaturated/α-hetero) is 1.